The molecule has 3 nitrogen and oxygen atoms in total. The topological polar surface area (TPSA) is 50.1 Å². The summed E-state index contributed by atoms with van der Waals surface area (Å²) in [6, 6.07) is 12.5. The maximum Gasteiger partial charge on any atom is 0.343 e. The lowest BCUT2D eigenvalue weighted by Gasteiger charge is -2.35. The number of nitrogens with zero attached hydrogens (tertiary/aromatic N) is 1. The number of hydrogen-bond acceptors (Lipinski definition) is 3. The molecule has 0 radical (unpaired) electrons. The Kier molecular flexibility index (Phi) is 7.93. The first kappa shape index (κ1) is 25.7. The molecule has 3 aromatic rings. The number of hydrogen-bond donors (Lipinski definition) is 0. The highest BCUT2D eigenvalue weighted by Crippen LogP contribution is 2.41. The summed E-state index contributed by atoms with van der Waals surface area (Å²) >= 11 is 0. The number of fused-ring (bicyclic) bond motifs is 1. The van der Waals surface area contributed by atoms with E-state index in [-0.39, 0.29) is 28.0 Å². The molecule has 1 saturated carbocycles. The normalized spacial score (nSPS) is 21.8. The van der Waals surface area contributed by atoms with E-state index in [1.165, 1.54) is 36.4 Å². The van der Waals surface area contributed by atoms with Crippen LogP contribution in [0.2, 0.25) is 0 Å². The van der Waals surface area contributed by atoms with Crippen molar-refractivity contribution in [1.82, 2.24) is 0 Å². The number of esters is 1. The Morgan fingerprint density at radius 1 is 1.03 bits per heavy atom. The molecule has 0 aromatic heterocycles. The highest BCUT2D eigenvalue weighted by atomic mass is 19.2. The highest BCUT2D eigenvalue weighted by Gasteiger charge is 2.39. The molecule has 0 heterocycles. The zero-order valence-electron chi connectivity index (χ0n) is 19.9. The number of rotatable bonds is 7. The van der Waals surface area contributed by atoms with Crippen LogP contribution >= 0.6 is 0 Å². The van der Waals surface area contributed by atoms with Gasteiger partial charge in [0.05, 0.1) is 5.56 Å². The molecule has 3 aromatic carbocycles. The number of benzene rings is 3. The molecule has 4 rings (SSSR count). The van der Waals surface area contributed by atoms with Crippen LogP contribution in [0.25, 0.3) is 10.8 Å². The van der Waals surface area contributed by atoms with Crippen LogP contribution in [-0.4, -0.2) is 18.3 Å². The Morgan fingerprint density at radius 2 is 1.72 bits per heavy atom. The van der Waals surface area contributed by atoms with Gasteiger partial charge >= 0.3 is 5.97 Å². The smallest absolute Gasteiger partial charge is 0.343 e. The minimum absolute atomic E-state index is 0.0266. The van der Waals surface area contributed by atoms with Gasteiger partial charge in [0.2, 0.25) is 0 Å². The SMILES string of the molecule is CCCCCC1CC(F)C(c2ccc(C(=O)Oc3ccc4c(F)c(C#N)c(F)cc4c3)cc2)C(F)C1. The molecule has 0 aliphatic heterocycles. The van der Waals surface area contributed by atoms with Gasteiger partial charge in [-0.15, -0.1) is 0 Å². The number of nitriles is 1. The van der Waals surface area contributed by atoms with Crippen LogP contribution in [0.4, 0.5) is 17.6 Å². The quantitative estimate of drug-likeness (QED) is 0.144. The maximum absolute atomic E-state index is 14.9. The van der Waals surface area contributed by atoms with E-state index in [1.807, 2.05) is 0 Å². The fraction of sp³-hybridized carbons (Fsp3) is 0.379. The van der Waals surface area contributed by atoms with Crippen LogP contribution in [0, 0.1) is 28.9 Å². The van der Waals surface area contributed by atoms with Gasteiger partial charge in [-0.3, -0.25) is 0 Å². The summed E-state index contributed by atoms with van der Waals surface area (Å²) in [5, 5.41) is 9.06. The molecular weight excluding hydrogens is 470 g/mol. The number of carbonyl (C=O) groups is 1. The standard InChI is InChI=1S/C29H27F4NO2/c1-2-3-4-5-17-12-25(31)27(26(32)13-17)18-6-8-19(9-7-18)29(35)36-21-10-11-22-20(14-21)15-24(30)23(16-34)28(22)33/h6-11,14-15,17,25-27H,2-5,12-13H2,1H3. The predicted molar refractivity (Wildman–Crippen MR) is 129 cm³/mol. The molecule has 1 aliphatic carbocycles. The van der Waals surface area contributed by atoms with Crippen molar-refractivity contribution in [2.24, 2.45) is 5.92 Å². The largest absolute Gasteiger partial charge is 0.423 e. The van der Waals surface area contributed by atoms with Crippen molar-refractivity contribution in [3.8, 4) is 11.8 Å². The molecule has 0 saturated heterocycles. The van der Waals surface area contributed by atoms with E-state index in [2.05, 4.69) is 6.92 Å². The molecule has 1 aliphatic rings. The van der Waals surface area contributed by atoms with Crippen LogP contribution in [-0.2, 0) is 0 Å². The molecule has 0 spiro atoms. The van der Waals surface area contributed by atoms with Crippen molar-refractivity contribution in [3.05, 3.63) is 76.9 Å². The number of ether oxygens (including phenoxy) is 1. The first-order chi connectivity index (χ1) is 17.3. The Morgan fingerprint density at radius 3 is 2.36 bits per heavy atom. The lowest BCUT2D eigenvalue weighted by molar-refractivity contribution is 0.0735. The van der Waals surface area contributed by atoms with Gasteiger partial charge in [-0.05, 0) is 66.1 Å². The number of carbonyl (C=O) groups excluding carboxylic acids is 1. The molecule has 0 N–H and O–H groups in total. The van der Waals surface area contributed by atoms with Crippen molar-refractivity contribution in [2.45, 2.75) is 63.7 Å². The van der Waals surface area contributed by atoms with E-state index in [9.17, 15) is 22.4 Å². The zero-order valence-corrected chi connectivity index (χ0v) is 19.9. The average Bonchev–Trinajstić information content (AvgIpc) is 2.84. The lowest BCUT2D eigenvalue weighted by Crippen LogP contribution is -2.33. The molecular formula is C29H27F4NO2. The Bertz CT molecular complexity index is 1270. The van der Waals surface area contributed by atoms with Gasteiger partial charge in [0.15, 0.2) is 5.82 Å². The number of halogens is 4. The molecule has 188 valence electrons. The Hall–Kier alpha value is -3.40. The Balaban J connectivity index is 1.44. The summed E-state index contributed by atoms with van der Waals surface area (Å²) in [4.78, 5) is 12.6. The molecule has 7 heteroatoms. The van der Waals surface area contributed by atoms with E-state index in [4.69, 9.17) is 10.00 Å². The third-order valence-electron chi connectivity index (χ3n) is 6.97. The van der Waals surface area contributed by atoms with Crippen molar-refractivity contribution < 1.29 is 27.1 Å². The van der Waals surface area contributed by atoms with Gasteiger partial charge in [-0.25, -0.2) is 22.4 Å². The van der Waals surface area contributed by atoms with E-state index in [1.54, 1.807) is 12.1 Å². The van der Waals surface area contributed by atoms with Gasteiger partial charge in [-0.1, -0.05) is 44.7 Å². The fourth-order valence-electron chi connectivity index (χ4n) is 5.07. The summed E-state index contributed by atoms with van der Waals surface area (Å²) in [5.74, 6) is -3.44. The molecule has 2 unspecified atom stereocenters. The van der Waals surface area contributed by atoms with Gasteiger partial charge < -0.3 is 4.74 Å². The molecule has 1 fully saturated rings. The van der Waals surface area contributed by atoms with Crippen LogP contribution in [0.3, 0.4) is 0 Å². The van der Waals surface area contributed by atoms with E-state index < -0.39 is 41.4 Å². The molecule has 0 amide bonds. The van der Waals surface area contributed by atoms with Gasteiger partial charge in [0.25, 0.3) is 0 Å². The minimum atomic E-state index is -1.28. The van der Waals surface area contributed by atoms with Crippen molar-refractivity contribution >= 4 is 16.7 Å². The van der Waals surface area contributed by atoms with Crippen LogP contribution in [0.15, 0.2) is 48.5 Å². The zero-order chi connectivity index (χ0) is 25.8. The third kappa shape index (κ3) is 5.38. The lowest BCUT2D eigenvalue weighted by atomic mass is 9.74. The fourth-order valence-corrected chi connectivity index (χ4v) is 5.07. The van der Waals surface area contributed by atoms with E-state index in [0.29, 0.717) is 18.4 Å². The number of alkyl halides is 2. The summed E-state index contributed by atoms with van der Waals surface area (Å²) in [6.45, 7) is 2.10. The number of unbranched alkanes of at least 4 members (excludes halogenated alkanes) is 2. The van der Waals surface area contributed by atoms with E-state index >= 15 is 0 Å². The maximum atomic E-state index is 14.9. The first-order valence-corrected chi connectivity index (χ1v) is 12.2. The molecule has 0 bridgehead atoms. The molecule has 36 heavy (non-hydrogen) atoms. The van der Waals surface area contributed by atoms with Crippen molar-refractivity contribution in [3.63, 3.8) is 0 Å². The second-order valence-corrected chi connectivity index (χ2v) is 9.44. The highest BCUT2D eigenvalue weighted by molar-refractivity contribution is 5.92. The van der Waals surface area contributed by atoms with Crippen LogP contribution in [0.1, 0.15) is 72.9 Å². The monoisotopic (exact) mass is 497 g/mol. The van der Waals surface area contributed by atoms with Crippen LogP contribution in [0.5, 0.6) is 5.75 Å². The van der Waals surface area contributed by atoms with Gasteiger partial charge in [0, 0.05) is 11.3 Å². The van der Waals surface area contributed by atoms with Crippen molar-refractivity contribution in [2.75, 3.05) is 0 Å². The minimum Gasteiger partial charge on any atom is -0.423 e. The summed E-state index contributed by atoms with van der Waals surface area (Å²) in [7, 11) is 0. The van der Waals surface area contributed by atoms with Crippen molar-refractivity contribution in [1.29, 1.82) is 5.26 Å². The van der Waals surface area contributed by atoms with E-state index in [0.717, 1.165) is 31.7 Å². The summed E-state index contributed by atoms with van der Waals surface area (Å²) < 4.78 is 63.4. The average molecular weight is 498 g/mol. The summed E-state index contributed by atoms with van der Waals surface area (Å²) in [5.41, 5.74) is 0.00182. The first-order valence-electron chi connectivity index (χ1n) is 12.2. The predicted octanol–water partition coefficient (Wildman–Crippen LogP) is 7.96. The van der Waals surface area contributed by atoms with Crippen LogP contribution < -0.4 is 4.74 Å². The summed E-state index contributed by atoms with van der Waals surface area (Å²) in [6.07, 6.45) is 2.11. The Labute approximate surface area is 207 Å². The second kappa shape index (κ2) is 11.1. The van der Waals surface area contributed by atoms with Gasteiger partial charge in [-0.2, -0.15) is 5.26 Å². The third-order valence-corrected chi connectivity index (χ3v) is 6.97. The molecule has 2 atom stereocenters. The van der Waals surface area contributed by atoms with Gasteiger partial charge in [0.1, 0.15) is 35.5 Å². The second-order valence-electron chi connectivity index (χ2n) is 9.44.